The summed E-state index contributed by atoms with van der Waals surface area (Å²) in [6.07, 6.45) is 5.79. The smallest absolute Gasteiger partial charge is 0.119 e. The number of pyridine rings is 1. The maximum atomic E-state index is 9.24. The van der Waals surface area contributed by atoms with E-state index in [9.17, 15) is 5.26 Å². The quantitative estimate of drug-likeness (QED) is 0.753. The van der Waals surface area contributed by atoms with Crippen LogP contribution in [-0.4, -0.2) is 73.4 Å². The molecule has 0 bridgehead atoms. The molecule has 29 heavy (non-hydrogen) atoms. The average molecular weight is 393 g/mol. The first-order valence-corrected chi connectivity index (χ1v) is 10.4. The predicted octanol–water partition coefficient (Wildman–Crippen LogP) is 2.80. The summed E-state index contributed by atoms with van der Waals surface area (Å²) in [6, 6.07) is 12.7. The SMILES string of the molecule is N#Cc1cnccc1-c1ccc(OCCN2CCC(N3CCOCC3)CC2)cc1. The van der Waals surface area contributed by atoms with Crippen LogP contribution in [0, 0.1) is 11.3 Å². The van der Waals surface area contributed by atoms with Crippen molar-refractivity contribution >= 4 is 0 Å². The van der Waals surface area contributed by atoms with Gasteiger partial charge in [0.2, 0.25) is 0 Å². The van der Waals surface area contributed by atoms with Crippen LogP contribution >= 0.6 is 0 Å². The maximum Gasteiger partial charge on any atom is 0.119 e. The van der Waals surface area contributed by atoms with E-state index in [4.69, 9.17) is 9.47 Å². The molecule has 2 aliphatic heterocycles. The molecule has 2 saturated heterocycles. The third kappa shape index (κ3) is 5.13. The molecule has 0 spiro atoms. The minimum atomic E-state index is 0.585. The highest BCUT2D eigenvalue weighted by Crippen LogP contribution is 2.25. The highest BCUT2D eigenvalue weighted by Gasteiger charge is 2.25. The molecule has 2 aliphatic rings. The van der Waals surface area contributed by atoms with Crippen molar-refractivity contribution in [3.05, 3.63) is 48.3 Å². The van der Waals surface area contributed by atoms with Crippen LogP contribution in [0.1, 0.15) is 18.4 Å². The maximum absolute atomic E-state index is 9.24. The van der Waals surface area contributed by atoms with Gasteiger partial charge in [0.15, 0.2) is 0 Å². The Morgan fingerprint density at radius 1 is 1.07 bits per heavy atom. The second kappa shape index (κ2) is 9.84. The number of rotatable bonds is 6. The van der Waals surface area contributed by atoms with Gasteiger partial charge in [0.25, 0.3) is 0 Å². The summed E-state index contributed by atoms with van der Waals surface area (Å²) in [5.74, 6) is 0.865. The normalized spacial score (nSPS) is 19.0. The topological polar surface area (TPSA) is 61.6 Å². The van der Waals surface area contributed by atoms with Gasteiger partial charge in [-0.3, -0.25) is 14.8 Å². The van der Waals surface area contributed by atoms with Crippen LogP contribution in [0.15, 0.2) is 42.7 Å². The number of hydrogen-bond acceptors (Lipinski definition) is 6. The molecule has 0 saturated carbocycles. The molecule has 0 atom stereocenters. The van der Waals surface area contributed by atoms with Gasteiger partial charge in [-0.15, -0.1) is 0 Å². The van der Waals surface area contributed by atoms with Crippen molar-refractivity contribution < 1.29 is 9.47 Å². The predicted molar refractivity (Wildman–Crippen MR) is 112 cm³/mol. The molecule has 0 amide bonds. The molecule has 1 aromatic carbocycles. The number of nitrogens with zero attached hydrogens (tertiary/aromatic N) is 4. The molecule has 2 aromatic rings. The molecule has 3 heterocycles. The van der Waals surface area contributed by atoms with Crippen LogP contribution < -0.4 is 4.74 Å². The zero-order valence-electron chi connectivity index (χ0n) is 16.8. The Morgan fingerprint density at radius 2 is 1.83 bits per heavy atom. The third-order valence-corrected chi connectivity index (χ3v) is 5.90. The molecule has 2 fully saturated rings. The summed E-state index contributed by atoms with van der Waals surface area (Å²) in [5.41, 5.74) is 2.49. The Labute approximate surface area is 172 Å². The zero-order chi connectivity index (χ0) is 19.9. The number of nitriles is 1. The summed E-state index contributed by atoms with van der Waals surface area (Å²) < 4.78 is 11.4. The van der Waals surface area contributed by atoms with E-state index in [1.54, 1.807) is 12.4 Å². The van der Waals surface area contributed by atoms with E-state index >= 15 is 0 Å². The Morgan fingerprint density at radius 3 is 2.55 bits per heavy atom. The van der Waals surface area contributed by atoms with Gasteiger partial charge in [-0.1, -0.05) is 12.1 Å². The van der Waals surface area contributed by atoms with E-state index in [0.717, 1.165) is 68.9 Å². The van der Waals surface area contributed by atoms with Crippen LogP contribution in [0.2, 0.25) is 0 Å². The van der Waals surface area contributed by atoms with Crippen LogP contribution in [0.25, 0.3) is 11.1 Å². The first kappa shape index (κ1) is 19.8. The molecular formula is C23H28N4O2. The molecule has 0 radical (unpaired) electrons. The molecular weight excluding hydrogens is 364 g/mol. The molecule has 0 aliphatic carbocycles. The first-order valence-electron chi connectivity index (χ1n) is 10.4. The minimum absolute atomic E-state index is 0.585. The minimum Gasteiger partial charge on any atom is -0.492 e. The van der Waals surface area contributed by atoms with Crippen LogP contribution in [0.3, 0.4) is 0 Å². The summed E-state index contributed by atoms with van der Waals surface area (Å²) in [6.45, 7) is 7.86. The number of piperidine rings is 1. The van der Waals surface area contributed by atoms with Crippen molar-refractivity contribution in [1.82, 2.24) is 14.8 Å². The fourth-order valence-electron chi connectivity index (χ4n) is 4.21. The molecule has 0 N–H and O–H groups in total. The van der Waals surface area contributed by atoms with E-state index in [2.05, 4.69) is 20.9 Å². The zero-order valence-corrected chi connectivity index (χ0v) is 16.8. The lowest BCUT2D eigenvalue weighted by Gasteiger charge is -2.40. The highest BCUT2D eigenvalue weighted by atomic mass is 16.5. The van der Waals surface area contributed by atoms with Crippen molar-refractivity contribution in [3.8, 4) is 22.9 Å². The molecule has 152 valence electrons. The average Bonchev–Trinajstić information content (AvgIpc) is 2.80. The lowest BCUT2D eigenvalue weighted by atomic mass is 10.0. The first-order chi connectivity index (χ1) is 14.3. The van der Waals surface area contributed by atoms with Crippen molar-refractivity contribution in [2.45, 2.75) is 18.9 Å². The van der Waals surface area contributed by atoms with Gasteiger partial charge in [-0.05, 0) is 49.7 Å². The van der Waals surface area contributed by atoms with Crippen LogP contribution in [0.4, 0.5) is 0 Å². The molecule has 0 unspecified atom stereocenters. The van der Waals surface area contributed by atoms with Crippen molar-refractivity contribution in [1.29, 1.82) is 5.26 Å². The van der Waals surface area contributed by atoms with E-state index < -0.39 is 0 Å². The van der Waals surface area contributed by atoms with Gasteiger partial charge < -0.3 is 9.47 Å². The van der Waals surface area contributed by atoms with E-state index in [-0.39, 0.29) is 0 Å². The van der Waals surface area contributed by atoms with Gasteiger partial charge in [0.05, 0.1) is 18.8 Å². The lowest BCUT2D eigenvalue weighted by molar-refractivity contribution is 0.0000705. The Hall–Kier alpha value is -2.46. The van der Waals surface area contributed by atoms with Crippen LogP contribution in [-0.2, 0) is 4.74 Å². The summed E-state index contributed by atoms with van der Waals surface area (Å²) in [5, 5.41) is 9.24. The third-order valence-electron chi connectivity index (χ3n) is 5.90. The molecule has 6 nitrogen and oxygen atoms in total. The van der Waals surface area contributed by atoms with Gasteiger partial charge >= 0.3 is 0 Å². The Balaban J connectivity index is 1.22. The second-order valence-corrected chi connectivity index (χ2v) is 7.63. The molecule has 1 aromatic heterocycles. The van der Waals surface area contributed by atoms with Crippen molar-refractivity contribution in [3.63, 3.8) is 0 Å². The summed E-state index contributed by atoms with van der Waals surface area (Å²) in [4.78, 5) is 9.11. The number of hydrogen-bond donors (Lipinski definition) is 0. The van der Waals surface area contributed by atoms with Gasteiger partial charge in [0.1, 0.15) is 18.4 Å². The number of aromatic nitrogens is 1. The largest absolute Gasteiger partial charge is 0.492 e. The Kier molecular flexibility index (Phi) is 6.73. The van der Waals surface area contributed by atoms with Gasteiger partial charge in [-0.2, -0.15) is 5.26 Å². The standard InChI is InChI=1S/C23H28N4O2/c24-17-20-18-25-8-5-23(20)19-1-3-22(4-2-19)29-16-11-26-9-6-21(7-10-26)27-12-14-28-15-13-27/h1-5,8,18,21H,6-7,9-16H2. The number of likely N-dealkylation sites (tertiary alicyclic amines) is 1. The summed E-state index contributed by atoms with van der Waals surface area (Å²) in [7, 11) is 0. The van der Waals surface area contributed by atoms with Crippen LogP contribution in [0.5, 0.6) is 5.75 Å². The lowest BCUT2D eigenvalue weighted by Crippen LogP contribution is -2.49. The fraction of sp³-hybridized carbons (Fsp3) is 0.478. The number of morpholine rings is 1. The monoisotopic (exact) mass is 392 g/mol. The van der Waals surface area contributed by atoms with E-state index in [1.165, 1.54) is 12.8 Å². The second-order valence-electron chi connectivity index (χ2n) is 7.63. The Bertz CT molecular complexity index is 820. The van der Waals surface area contributed by atoms with Gasteiger partial charge in [-0.25, -0.2) is 0 Å². The van der Waals surface area contributed by atoms with Crippen molar-refractivity contribution in [2.24, 2.45) is 0 Å². The van der Waals surface area contributed by atoms with Gasteiger partial charge in [0, 0.05) is 43.6 Å². The molecule has 6 heteroatoms. The van der Waals surface area contributed by atoms with E-state index in [0.29, 0.717) is 12.2 Å². The van der Waals surface area contributed by atoms with E-state index in [1.807, 2.05) is 30.3 Å². The van der Waals surface area contributed by atoms with Crippen molar-refractivity contribution in [2.75, 3.05) is 52.5 Å². The highest BCUT2D eigenvalue weighted by molar-refractivity contribution is 5.70. The number of benzene rings is 1. The summed E-state index contributed by atoms with van der Waals surface area (Å²) >= 11 is 0. The molecule has 4 rings (SSSR count). The fourth-order valence-corrected chi connectivity index (χ4v) is 4.21. The number of ether oxygens (including phenoxy) is 2.